The van der Waals surface area contributed by atoms with Crippen molar-refractivity contribution in [3.63, 3.8) is 0 Å². The van der Waals surface area contributed by atoms with Crippen molar-refractivity contribution < 1.29 is 4.74 Å². The first-order chi connectivity index (χ1) is 11.3. The molecule has 2 N–H and O–H groups in total. The topological polar surface area (TPSA) is 67.0 Å². The zero-order chi connectivity index (χ0) is 16.1. The molecule has 1 aliphatic heterocycles. The zero-order valence-electron chi connectivity index (χ0n) is 13.6. The molecule has 3 rings (SSSR count). The number of hydrogen-bond acceptors (Lipinski definition) is 5. The summed E-state index contributed by atoms with van der Waals surface area (Å²) < 4.78 is 5.22. The average Bonchev–Trinajstić information content (AvgIpc) is 3.14. The summed E-state index contributed by atoms with van der Waals surface area (Å²) in [5.74, 6) is 1.44. The molecule has 8 heteroatoms. The number of hydrogen-bond donors (Lipinski definition) is 1. The van der Waals surface area contributed by atoms with Crippen LogP contribution in [0.25, 0.3) is 0 Å². The summed E-state index contributed by atoms with van der Waals surface area (Å²) in [7, 11) is 1.67. The Kier molecular flexibility index (Phi) is 7.10. The normalized spacial score (nSPS) is 15.1. The summed E-state index contributed by atoms with van der Waals surface area (Å²) in [6, 6.07) is 7.90. The summed E-state index contributed by atoms with van der Waals surface area (Å²) in [6.45, 7) is 4.14. The molecule has 130 valence electrons. The zero-order valence-corrected chi connectivity index (χ0v) is 16.7. The van der Waals surface area contributed by atoms with Crippen LogP contribution in [0.4, 0.5) is 5.13 Å². The van der Waals surface area contributed by atoms with E-state index in [4.69, 9.17) is 10.5 Å². The minimum absolute atomic E-state index is 0. The van der Waals surface area contributed by atoms with E-state index in [0.717, 1.165) is 42.6 Å². The standard InChI is InChI=1S/C16H21N5OS.HI/c1-22-14-4-2-3-13(11-14)12-19-15(17)20-6-8-21(9-7-20)16-18-5-10-23-16;/h2-5,10-11H,6-9,12H2,1H3,(H2,17,19);1H. The number of halogens is 1. The SMILES string of the molecule is COc1cccc(CN=C(N)N2CCN(c3nccs3)CC2)c1.I. The second-order valence-electron chi connectivity index (χ2n) is 5.31. The molecule has 0 saturated carbocycles. The van der Waals surface area contributed by atoms with Crippen LogP contribution in [-0.4, -0.2) is 49.1 Å². The molecule has 1 aliphatic rings. The van der Waals surface area contributed by atoms with Gasteiger partial charge >= 0.3 is 0 Å². The van der Waals surface area contributed by atoms with Crippen molar-refractivity contribution in [2.75, 3.05) is 38.2 Å². The lowest BCUT2D eigenvalue weighted by atomic mass is 10.2. The molecule has 2 aromatic rings. The number of nitrogens with zero attached hydrogens (tertiary/aromatic N) is 4. The Morgan fingerprint density at radius 2 is 2.12 bits per heavy atom. The van der Waals surface area contributed by atoms with Gasteiger partial charge in [0.15, 0.2) is 11.1 Å². The molecule has 2 heterocycles. The first-order valence-electron chi connectivity index (χ1n) is 7.58. The lowest BCUT2D eigenvalue weighted by molar-refractivity contribution is 0.380. The summed E-state index contributed by atoms with van der Waals surface area (Å²) in [5, 5.41) is 3.09. The third-order valence-electron chi connectivity index (χ3n) is 3.85. The molecule has 1 fully saturated rings. The smallest absolute Gasteiger partial charge is 0.191 e. The number of benzene rings is 1. The Balaban J connectivity index is 0.00000208. The minimum Gasteiger partial charge on any atom is -0.497 e. The van der Waals surface area contributed by atoms with Gasteiger partial charge in [-0.15, -0.1) is 35.3 Å². The Hall–Kier alpha value is -1.55. The van der Waals surface area contributed by atoms with Crippen LogP contribution in [0.15, 0.2) is 40.8 Å². The Bertz CT molecular complexity index is 656. The van der Waals surface area contributed by atoms with E-state index in [2.05, 4.69) is 19.8 Å². The van der Waals surface area contributed by atoms with Crippen LogP contribution in [0.3, 0.4) is 0 Å². The Morgan fingerprint density at radius 3 is 2.79 bits per heavy atom. The highest BCUT2D eigenvalue weighted by atomic mass is 127. The van der Waals surface area contributed by atoms with Gasteiger partial charge in [0.05, 0.1) is 13.7 Å². The van der Waals surface area contributed by atoms with Crippen molar-refractivity contribution in [3.05, 3.63) is 41.4 Å². The predicted octanol–water partition coefficient (Wildman–Crippen LogP) is 2.41. The molecule has 1 saturated heterocycles. The number of nitrogens with two attached hydrogens (primary N) is 1. The van der Waals surface area contributed by atoms with Crippen molar-refractivity contribution in [2.24, 2.45) is 10.7 Å². The third-order valence-corrected chi connectivity index (χ3v) is 4.68. The molecular formula is C16H22IN5OS. The molecule has 0 radical (unpaired) electrons. The fourth-order valence-corrected chi connectivity index (χ4v) is 3.24. The highest BCUT2D eigenvalue weighted by molar-refractivity contribution is 14.0. The van der Waals surface area contributed by atoms with Crippen molar-refractivity contribution in [3.8, 4) is 5.75 Å². The second kappa shape index (κ2) is 9.07. The van der Waals surface area contributed by atoms with E-state index >= 15 is 0 Å². The van der Waals surface area contributed by atoms with Gasteiger partial charge in [-0.05, 0) is 17.7 Å². The van der Waals surface area contributed by atoms with E-state index < -0.39 is 0 Å². The van der Waals surface area contributed by atoms with E-state index in [1.807, 2.05) is 35.8 Å². The predicted molar refractivity (Wildman–Crippen MR) is 110 cm³/mol. The van der Waals surface area contributed by atoms with Crippen LogP contribution < -0.4 is 15.4 Å². The molecular weight excluding hydrogens is 437 g/mol. The molecule has 1 aromatic carbocycles. The molecule has 0 spiro atoms. The molecule has 0 amide bonds. The molecule has 1 aromatic heterocycles. The van der Waals surface area contributed by atoms with E-state index in [-0.39, 0.29) is 24.0 Å². The third kappa shape index (κ3) is 4.73. The highest BCUT2D eigenvalue weighted by Crippen LogP contribution is 2.19. The number of rotatable bonds is 4. The molecule has 0 unspecified atom stereocenters. The van der Waals surface area contributed by atoms with Crippen LogP contribution in [0, 0.1) is 0 Å². The first-order valence-corrected chi connectivity index (χ1v) is 8.46. The van der Waals surface area contributed by atoms with Gasteiger partial charge in [-0.3, -0.25) is 0 Å². The molecule has 0 bridgehead atoms. The fraction of sp³-hybridized carbons (Fsp3) is 0.375. The van der Waals surface area contributed by atoms with Crippen LogP contribution in [0.1, 0.15) is 5.56 Å². The molecule has 0 atom stereocenters. The van der Waals surface area contributed by atoms with Crippen molar-refractivity contribution in [1.82, 2.24) is 9.88 Å². The quantitative estimate of drug-likeness (QED) is 0.432. The largest absolute Gasteiger partial charge is 0.497 e. The van der Waals surface area contributed by atoms with Crippen molar-refractivity contribution >= 4 is 46.4 Å². The van der Waals surface area contributed by atoms with E-state index in [9.17, 15) is 0 Å². The van der Waals surface area contributed by atoms with E-state index in [0.29, 0.717) is 12.5 Å². The van der Waals surface area contributed by atoms with Gasteiger partial charge in [-0.25, -0.2) is 9.98 Å². The summed E-state index contributed by atoms with van der Waals surface area (Å²) in [4.78, 5) is 13.3. The molecule has 6 nitrogen and oxygen atoms in total. The van der Waals surface area contributed by atoms with E-state index in [1.165, 1.54) is 0 Å². The number of guanidine groups is 1. The maximum atomic E-state index is 6.14. The molecule has 0 aliphatic carbocycles. The number of methoxy groups -OCH3 is 1. The monoisotopic (exact) mass is 459 g/mol. The maximum Gasteiger partial charge on any atom is 0.191 e. The van der Waals surface area contributed by atoms with Gasteiger partial charge in [-0.1, -0.05) is 12.1 Å². The van der Waals surface area contributed by atoms with Crippen molar-refractivity contribution in [1.29, 1.82) is 0 Å². The van der Waals surface area contributed by atoms with Gasteiger partial charge in [0.1, 0.15) is 5.75 Å². The fourth-order valence-electron chi connectivity index (χ4n) is 2.54. The van der Waals surface area contributed by atoms with Crippen molar-refractivity contribution in [2.45, 2.75) is 6.54 Å². The number of anilines is 1. The number of thiazole rings is 1. The summed E-state index contributed by atoms with van der Waals surface area (Å²) in [5.41, 5.74) is 7.24. The maximum absolute atomic E-state index is 6.14. The summed E-state index contributed by atoms with van der Waals surface area (Å²) in [6.07, 6.45) is 1.84. The highest BCUT2D eigenvalue weighted by Gasteiger charge is 2.19. The van der Waals surface area contributed by atoms with Gasteiger partial charge in [0, 0.05) is 37.8 Å². The number of piperazine rings is 1. The van der Waals surface area contributed by atoms with Gasteiger partial charge in [0.2, 0.25) is 0 Å². The van der Waals surface area contributed by atoms with Gasteiger partial charge in [0.25, 0.3) is 0 Å². The number of aliphatic imine (C=N–C) groups is 1. The second-order valence-corrected chi connectivity index (χ2v) is 6.19. The van der Waals surface area contributed by atoms with Crippen LogP contribution in [0.2, 0.25) is 0 Å². The van der Waals surface area contributed by atoms with E-state index in [1.54, 1.807) is 18.4 Å². The number of aromatic nitrogens is 1. The minimum atomic E-state index is 0. The Labute approximate surface area is 163 Å². The van der Waals surface area contributed by atoms with Crippen LogP contribution in [0.5, 0.6) is 5.75 Å². The first kappa shape index (κ1) is 18.8. The van der Waals surface area contributed by atoms with Gasteiger partial charge in [-0.2, -0.15) is 0 Å². The van der Waals surface area contributed by atoms with Crippen LogP contribution >= 0.6 is 35.3 Å². The number of ether oxygens (including phenoxy) is 1. The van der Waals surface area contributed by atoms with Gasteiger partial charge < -0.3 is 20.3 Å². The average molecular weight is 459 g/mol. The lowest BCUT2D eigenvalue weighted by Gasteiger charge is -2.35. The molecule has 24 heavy (non-hydrogen) atoms. The Morgan fingerprint density at radius 1 is 1.33 bits per heavy atom. The lowest BCUT2D eigenvalue weighted by Crippen LogP contribution is -2.51. The summed E-state index contributed by atoms with van der Waals surface area (Å²) >= 11 is 1.67. The van der Waals surface area contributed by atoms with Crippen LogP contribution in [-0.2, 0) is 6.54 Å².